The van der Waals surface area contributed by atoms with E-state index >= 15 is 0 Å². The molecule has 2 aliphatic rings. The van der Waals surface area contributed by atoms with Crippen molar-refractivity contribution in [1.29, 1.82) is 0 Å². The monoisotopic (exact) mass is 321 g/mol. The summed E-state index contributed by atoms with van der Waals surface area (Å²) in [7, 11) is 0. The lowest BCUT2D eigenvalue weighted by atomic mass is 9.95. The Hall–Kier alpha value is -2.62. The Morgan fingerprint density at radius 3 is 2.79 bits per heavy atom. The third-order valence-corrected chi connectivity index (χ3v) is 4.85. The van der Waals surface area contributed by atoms with Crippen LogP contribution in [0.1, 0.15) is 33.5 Å². The van der Waals surface area contributed by atoms with Gasteiger partial charge in [-0.1, -0.05) is 36.4 Å². The van der Waals surface area contributed by atoms with E-state index in [2.05, 4.69) is 6.07 Å². The van der Waals surface area contributed by atoms with E-state index < -0.39 is 12.1 Å². The van der Waals surface area contributed by atoms with Gasteiger partial charge in [0.25, 0.3) is 5.91 Å². The van der Waals surface area contributed by atoms with Crippen LogP contribution in [-0.4, -0.2) is 24.5 Å². The Morgan fingerprint density at radius 2 is 1.92 bits per heavy atom. The molecule has 1 atom stereocenters. The predicted octanol–water partition coefficient (Wildman–Crippen LogP) is 3.06. The summed E-state index contributed by atoms with van der Waals surface area (Å²) in [6, 6.07) is 13.5. The van der Waals surface area contributed by atoms with Crippen molar-refractivity contribution in [3.8, 4) is 0 Å². The van der Waals surface area contributed by atoms with E-state index in [9.17, 15) is 9.59 Å². The third kappa shape index (κ3) is 2.39. The molecule has 0 N–H and O–H groups in total. The van der Waals surface area contributed by atoms with E-state index in [-0.39, 0.29) is 5.91 Å². The molecule has 24 heavy (non-hydrogen) atoms. The maximum absolute atomic E-state index is 13.1. The summed E-state index contributed by atoms with van der Waals surface area (Å²) in [6.07, 6.45) is 1.62. The van der Waals surface area contributed by atoms with Crippen LogP contribution in [0.3, 0.4) is 0 Å². The van der Waals surface area contributed by atoms with Crippen molar-refractivity contribution in [3.05, 3.63) is 64.7 Å². The average Bonchev–Trinajstić information content (AvgIpc) is 2.61. The van der Waals surface area contributed by atoms with Gasteiger partial charge in [-0.15, -0.1) is 0 Å². The first-order valence-electron chi connectivity index (χ1n) is 8.34. The standard InChI is InChI=1S/C20H19NO3/c1-13-6-4-8-14-9-5-11-21(18(13)14)19(22)17-12-15-7-2-3-10-16(15)20(23)24-17/h2-4,6-8,10,17H,5,9,11-12H2,1H3. The van der Waals surface area contributed by atoms with Gasteiger partial charge in [-0.25, -0.2) is 4.79 Å². The fourth-order valence-corrected chi connectivity index (χ4v) is 3.71. The van der Waals surface area contributed by atoms with Crippen LogP contribution in [0.2, 0.25) is 0 Å². The number of carbonyl (C=O) groups is 2. The van der Waals surface area contributed by atoms with Gasteiger partial charge in [0.15, 0.2) is 6.10 Å². The summed E-state index contributed by atoms with van der Waals surface area (Å²) >= 11 is 0. The van der Waals surface area contributed by atoms with Crippen LogP contribution in [0.15, 0.2) is 42.5 Å². The fraction of sp³-hybridized carbons (Fsp3) is 0.300. The van der Waals surface area contributed by atoms with E-state index in [1.54, 1.807) is 11.0 Å². The Bertz CT molecular complexity index is 827. The molecule has 0 aromatic heterocycles. The molecule has 122 valence electrons. The Kier molecular flexibility index (Phi) is 3.60. The molecule has 4 rings (SSSR count). The van der Waals surface area contributed by atoms with Gasteiger partial charge in [-0.05, 0) is 42.5 Å². The summed E-state index contributed by atoms with van der Waals surface area (Å²) in [5, 5.41) is 0. The number of cyclic esters (lactones) is 1. The second-order valence-electron chi connectivity index (χ2n) is 6.43. The Labute approximate surface area is 141 Å². The van der Waals surface area contributed by atoms with Gasteiger partial charge >= 0.3 is 5.97 Å². The smallest absolute Gasteiger partial charge is 0.339 e. The molecule has 4 heteroatoms. The number of benzene rings is 2. The molecule has 1 amide bonds. The van der Waals surface area contributed by atoms with Crippen molar-refractivity contribution in [2.24, 2.45) is 0 Å². The van der Waals surface area contributed by atoms with Gasteiger partial charge in [0.2, 0.25) is 0 Å². The van der Waals surface area contributed by atoms with Crippen molar-refractivity contribution in [2.45, 2.75) is 32.3 Å². The lowest BCUT2D eigenvalue weighted by Crippen LogP contribution is -2.46. The van der Waals surface area contributed by atoms with E-state index in [1.807, 2.05) is 37.3 Å². The second-order valence-corrected chi connectivity index (χ2v) is 6.43. The summed E-state index contributed by atoms with van der Waals surface area (Å²) < 4.78 is 5.45. The number of fused-ring (bicyclic) bond motifs is 2. The van der Waals surface area contributed by atoms with Crippen molar-refractivity contribution in [2.75, 3.05) is 11.4 Å². The molecule has 0 fully saturated rings. The lowest BCUT2D eigenvalue weighted by molar-refractivity contribution is -0.127. The first-order chi connectivity index (χ1) is 11.6. The number of hydrogen-bond donors (Lipinski definition) is 0. The highest BCUT2D eigenvalue weighted by molar-refractivity contribution is 6.02. The Balaban J connectivity index is 1.66. The zero-order valence-corrected chi connectivity index (χ0v) is 13.6. The van der Waals surface area contributed by atoms with E-state index in [4.69, 9.17) is 4.74 Å². The normalized spacial score (nSPS) is 19.3. The number of amides is 1. The molecule has 2 aromatic carbocycles. The minimum atomic E-state index is -0.738. The molecule has 2 aromatic rings. The molecular weight excluding hydrogens is 302 g/mol. The van der Waals surface area contributed by atoms with Crippen molar-refractivity contribution in [3.63, 3.8) is 0 Å². The molecule has 0 radical (unpaired) electrons. The van der Waals surface area contributed by atoms with E-state index in [0.29, 0.717) is 18.5 Å². The minimum absolute atomic E-state index is 0.117. The minimum Gasteiger partial charge on any atom is -0.448 e. The maximum Gasteiger partial charge on any atom is 0.339 e. The van der Waals surface area contributed by atoms with Crippen LogP contribution in [0.25, 0.3) is 0 Å². The molecular formula is C20H19NO3. The predicted molar refractivity (Wildman–Crippen MR) is 91.2 cm³/mol. The van der Waals surface area contributed by atoms with Crippen LogP contribution >= 0.6 is 0 Å². The van der Waals surface area contributed by atoms with Crippen LogP contribution in [0, 0.1) is 6.92 Å². The van der Waals surface area contributed by atoms with Gasteiger partial charge in [0.1, 0.15) is 0 Å². The maximum atomic E-state index is 13.1. The number of aryl methyl sites for hydroxylation is 2. The molecule has 0 aliphatic carbocycles. The van der Waals surface area contributed by atoms with Crippen molar-refractivity contribution >= 4 is 17.6 Å². The van der Waals surface area contributed by atoms with Gasteiger partial charge in [0.05, 0.1) is 5.56 Å². The molecule has 4 nitrogen and oxygen atoms in total. The number of carbonyl (C=O) groups excluding carboxylic acids is 2. The number of para-hydroxylation sites is 1. The SMILES string of the molecule is Cc1cccc2c1N(C(=O)C1Cc3ccccc3C(=O)O1)CCC2. The quantitative estimate of drug-likeness (QED) is 0.759. The van der Waals surface area contributed by atoms with E-state index in [1.165, 1.54) is 5.56 Å². The summed E-state index contributed by atoms with van der Waals surface area (Å²) in [6.45, 7) is 2.69. The summed E-state index contributed by atoms with van der Waals surface area (Å²) in [4.78, 5) is 27.1. The molecule has 0 saturated heterocycles. The third-order valence-electron chi connectivity index (χ3n) is 4.85. The van der Waals surface area contributed by atoms with Crippen LogP contribution in [-0.2, 0) is 22.4 Å². The first-order valence-corrected chi connectivity index (χ1v) is 8.34. The van der Waals surface area contributed by atoms with Gasteiger partial charge < -0.3 is 9.64 Å². The molecule has 0 bridgehead atoms. The zero-order chi connectivity index (χ0) is 16.7. The second kappa shape index (κ2) is 5.78. The lowest BCUT2D eigenvalue weighted by Gasteiger charge is -2.34. The van der Waals surface area contributed by atoms with Crippen LogP contribution in [0.5, 0.6) is 0 Å². The molecule has 2 aliphatic heterocycles. The highest BCUT2D eigenvalue weighted by atomic mass is 16.5. The molecule has 1 unspecified atom stereocenters. The van der Waals surface area contributed by atoms with Gasteiger partial charge in [-0.2, -0.15) is 0 Å². The number of hydrogen-bond acceptors (Lipinski definition) is 3. The Morgan fingerprint density at radius 1 is 1.12 bits per heavy atom. The number of esters is 1. The molecule has 0 spiro atoms. The van der Waals surface area contributed by atoms with Crippen LogP contribution in [0.4, 0.5) is 5.69 Å². The molecule has 0 saturated carbocycles. The van der Waals surface area contributed by atoms with Gasteiger partial charge in [0, 0.05) is 18.7 Å². The average molecular weight is 321 g/mol. The van der Waals surface area contributed by atoms with Crippen molar-refractivity contribution in [1.82, 2.24) is 0 Å². The zero-order valence-electron chi connectivity index (χ0n) is 13.6. The number of ether oxygens (including phenoxy) is 1. The molecule has 2 heterocycles. The summed E-state index contributed by atoms with van der Waals surface area (Å²) in [5.41, 5.74) is 4.72. The van der Waals surface area contributed by atoms with E-state index in [0.717, 1.165) is 29.7 Å². The first kappa shape index (κ1) is 14.9. The topological polar surface area (TPSA) is 46.6 Å². The number of nitrogens with zero attached hydrogens (tertiary/aromatic N) is 1. The van der Waals surface area contributed by atoms with Crippen molar-refractivity contribution < 1.29 is 14.3 Å². The summed E-state index contributed by atoms with van der Waals surface area (Å²) in [5.74, 6) is -0.523. The number of rotatable bonds is 1. The fourth-order valence-electron chi connectivity index (χ4n) is 3.71. The largest absolute Gasteiger partial charge is 0.448 e. The highest BCUT2D eigenvalue weighted by Gasteiger charge is 2.36. The number of anilines is 1. The van der Waals surface area contributed by atoms with Gasteiger partial charge in [-0.3, -0.25) is 4.79 Å². The van der Waals surface area contributed by atoms with Crippen LogP contribution < -0.4 is 4.90 Å². The highest BCUT2D eigenvalue weighted by Crippen LogP contribution is 2.32.